The molecule has 0 aliphatic rings. The molecule has 0 saturated heterocycles. The Bertz CT molecular complexity index is 913. The SMILES string of the molecule is CCn1nn[nH]c1=O.[2H]C([2H])(O)C([2H])([2H])Br.[2H]C([2H])(O)C([2H])([2H])n1nnn(CC)c1=O. The number of hydrogen-bond donors (Lipinski definition) is 3. The van der Waals surface area contributed by atoms with E-state index >= 15 is 0 Å². The van der Waals surface area contributed by atoms with Gasteiger partial charge in [0.25, 0.3) is 0 Å². The van der Waals surface area contributed by atoms with E-state index in [4.69, 9.17) is 21.2 Å². The smallest absolute Gasteiger partial charge is 0.363 e. The zero-order valence-electron chi connectivity index (χ0n) is 20.1. The zero-order chi connectivity index (χ0) is 24.8. The summed E-state index contributed by atoms with van der Waals surface area (Å²) in [4.78, 5) is 21.8. The van der Waals surface area contributed by atoms with Gasteiger partial charge in [-0.1, -0.05) is 15.9 Å². The maximum absolute atomic E-state index is 11.4. The Morgan fingerprint density at radius 3 is 1.96 bits per heavy atom. The summed E-state index contributed by atoms with van der Waals surface area (Å²) in [6, 6.07) is 0. The summed E-state index contributed by atoms with van der Waals surface area (Å²) < 4.78 is 56.3. The molecule has 0 atom stereocenters. The van der Waals surface area contributed by atoms with Crippen LogP contribution in [0, 0.1) is 0 Å². The van der Waals surface area contributed by atoms with Crippen LogP contribution in [0.25, 0.3) is 0 Å². The van der Waals surface area contributed by atoms with Crippen molar-refractivity contribution in [2.24, 2.45) is 0 Å². The molecule has 132 valence electrons. The number of aromatic nitrogens is 8. The van der Waals surface area contributed by atoms with Gasteiger partial charge < -0.3 is 10.2 Å². The fourth-order valence-electron chi connectivity index (χ4n) is 1.01. The fourth-order valence-corrected chi connectivity index (χ4v) is 1.01. The van der Waals surface area contributed by atoms with Crippen LogP contribution in [0.4, 0.5) is 0 Å². The van der Waals surface area contributed by atoms with Crippen LogP contribution in [0.2, 0.25) is 0 Å². The molecule has 23 heavy (non-hydrogen) atoms. The van der Waals surface area contributed by atoms with Crippen molar-refractivity contribution in [1.82, 2.24) is 40.0 Å². The van der Waals surface area contributed by atoms with E-state index in [9.17, 15) is 9.59 Å². The molecule has 2 heterocycles. The first kappa shape index (κ1) is 10.8. The normalized spacial score (nSPS) is 17.3. The Hall–Kier alpha value is -1.86. The van der Waals surface area contributed by atoms with Gasteiger partial charge in [0.1, 0.15) is 0 Å². The predicted octanol–water partition coefficient (Wildman–Crippen LogP) is -2.19. The van der Waals surface area contributed by atoms with Gasteiger partial charge in [0.2, 0.25) is 0 Å². The minimum atomic E-state index is -3.22. The van der Waals surface area contributed by atoms with Crippen LogP contribution in [0.15, 0.2) is 9.59 Å². The third kappa shape index (κ3) is 7.80. The van der Waals surface area contributed by atoms with Crippen molar-refractivity contribution < 1.29 is 21.2 Å². The zero-order valence-corrected chi connectivity index (χ0v) is 13.7. The van der Waals surface area contributed by atoms with Gasteiger partial charge in [0.05, 0.1) is 27.8 Å². The van der Waals surface area contributed by atoms with Crippen LogP contribution < -0.4 is 11.4 Å². The average Bonchev–Trinajstić information content (AvgIpc) is 3.18. The highest BCUT2D eigenvalue weighted by Crippen LogP contribution is 1.73. The largest absolute Gasteiger partial charge is 0.396 e. The van der Waals surface area contributed by atoms with Crippen molar-refractivity contribution in [1.29, 1.82) is 0 Å². The number of H-pyrrole nitrogens is 1. The molecule has 0 spiro atoms. The van der Waals surface area contributed by atoms with Gasteiger partial charge in [0.15, 0.2) is 0 Å². The summed E-state index contributed by atoms with van der Waals surface area (Å²) in [6.07, 6.45) is 0. The Balaban J connectivity index is 0.000000477. The first-order chi connectivity index (χ1) is 13.8. The number of aryl methyl sites for hydroxylation is 3. The quantitative estimate of drug-likeness (QED) is 0.474. The molecule has 0 fully saturated rings. The minimum absolute atomic E-state index is 0.177. The summed E-state index contributed by atoms with van der Waals surface area (Å²) in [5.41, 5.74) is -1.17. The number of hydrogen-bond acceptors (Lipinski definition) is 8. The molecule has 13 heteroatoms. The van der Waals surface area contributed by atoms with Crippen LogP contribution in [-0.4, -0.2) is 68.6 Å². The summed E-state index contributed by atoms with van der Waals surface area (Å²) in [6.45, 7) is -4.82. The highest BCUT2D eigenvalue weighted by molar-refractivity contribution is 9.09. The predicted molar refractivity (Wildman–Crippen MR) is 84.2 cm³/mol. The highest BCUT2D eigenvalue weighted by Gasteiger charge is 2.02. The van der Waals surface area contributed by atoms with E-state index in [2.05, 4.69) is 41.9 Å². The maximum Gasteiger partial charge on any atom is 0.363 e. The van der Waals surface area contributed by atoms with Gasteiger partial charge in [-0.2, -0.15) is 14.0 Å². The molecule has 0 radical (unpaired) electrons. The second kappa shape index (κ2) is 12.7. The number of tetrazole rings is 2. The topological polar surface area (TPSA) is 157 Å². The van der Waals surface area contributed by atoms with Crippen LogP contribution in [0.3, 0.4) is 0 Å². The molecule has 12 nitrogen and oxygen atoms in total. The molecule has 0 bridgehead atoms. The van der Waals surface area contributed by atoms with Gasteiger partial charge in [-0.3, -0.25) is 0 Å². The molecular formula is C10H21BrN8O4. The average molecular weight is 405 g/mol. The molecule has 3 N–H and O–H groups in total. The lowest BCUT2D eigenvalue weighted by Crippen LogP contribution is -2.25. The molecule has 0 saturated carbocycles. The summed E-state index contributed by atoms with van der Waals surface area (Å²) >= 11 is 2.31. The molecule has 0 unspecified atom stereocenters. The first-order valence-electron chi connectivity index (χ1n) is 9.96. The molecule has 0 amide bonds. The Kier molecular flexibility index (Phi) is 5.96. The Morgan fingerprint density at radius 2 is 1.65 bits per heavy atom. The third-order valence-corrected chi connectivity index (χ3v) is 2.15. The van der Waals surface area contributed by atoms with E-state index in [1.807, 2.05) is 6.92 Å². The van der Waals surface area contributed by atoms with Gasteiger partial charge in [0, 0.05) is 21.1 Å². The Morgan fingerprint density at radius 1 is 1.09 bits per heavy atom. The number of alkyl halides is 1. The molecule has 2 rings (SSSR count). The lowest BCUT2D eigenvalue weighted by Gasteiger charge is -1.90. The number of aliphatic hydroxyl groups is 2. The molecule has 2 aromatic heterocycles. The molecule has 0 aliphatic heterocycles. The van der Waals surface area contributed by atoms with E-state index in [1.165, 1.54) is 4.68 Å². The minimum Gasteiger partial charge on any atom is -0.396 e. The number of halogens is 1. The standard InChI is InChI=1S/C5H10N4O2.C3H6N4O.C2H5BrO/c1-2-8-5(11)9(3-4-10)7-6-8;1-2-7-3(8)4-5-6-7;3-1-2-4/h10H,2-4H2,1H3;2H2,1H3,(H,4,6,8);4H,1-2H2/i3D2,4D2;;1D2,2D2. The molecule has 2 aromatic rings. The second-order valence-electron chi connectivity index (χ2n) is 3.24. The van der Waals surface area contributed by atoms with Gasteiger partial charge >= 0.3 is 11.4 Å². The van der Waals surface area contributed by atoms with E-state index in [0.717, 1.165) is 4.68 Å². The van der Waals surface area contributed by atoms with Crippen LogP contribution in [0.1, 0.15) is 24.8 Å². The highest BCUT2D eigenvalue weighted by atomic mass is 79.9. The van der Waals surface area contributed by atoms with Crippen LogP contribution in [-0.2, 0) is 19.6 Å². The van der Waals surface area contributed by atoms with Crippen molar-refractivity contribution in [2.75, 3.05) is 18.4 Å². The molecule has 0 aromatic carbocycles. The van der Waals surface area contributed by atoms with E-state index in [-0.39, 0.29) is 16.9 Å². The second-order valence-corrected chi connectivity index (χ2v) is 3.64. The summed E-state index contributed by atoms with van der Waals surface area (Å²) in [5.74, 6) is 0. The first-order valence-corrected chi connectivity index (χ1v) is 6.75. The monoisotopic (exact) mass is 404 g/mol. The van der Waals surface area contributed by atoms with Crippen molar-refractivity contribution in [2.45, 2.75) is 33.4 Å². The van der Waals surface area contributed by atoms with Gasteiger partial charge in [-0.15, -0.1) is 0 Å². The Labute approximate surface area is 151 Å². The van der Waals surface area contributed by atoms with Crippen LogP contribution >= 0.6 is 15.9 Å². The van der Waals surface area contributed by atoms with E-state index < -0.39 is 30.6 Å². The maximum atomic E-state index is 11.4. The lowest BCUT2D eigenvalue weighted by molar-refractivity contribution is 0.266. The fraction of sp³-hybridized carbons (Fsp3) is 0.800. The van der Waals surface area contributed by atoms with Crippen molar-refractivity contribution in [3.8, 4) is 0 Å². The summed E-state index contributed by atoms with van der Waals surface area (Å²) in [7, 11) is 0. The number of nitrogens with zero attached hydrogens (tertiary/aromatic N) is 7. The number of aromatic amines is 1. The van der Waals surface area contributed by atoms with Crippen molar-refractivity contribution in [3.63, 3.8) is 0 Å². The number of rotatable bonds is 5. The third-order valence-electron chi connectivity index (χ3n) is 1.97. The lowest BCUT2D eigenvalue weighted by atomic mass is 10.7. The van der Waals surface area contributed by atoms with Gasteiger partial charge in [-0.05, 0) is 34.7 Å². The van der Waals surface area contributed by atoms with Gasteiger partial charge in [-0.25, -0.2) is 14.7 Å². The van der Waals surface area contributed by atoms with E-state index in [1.54, 1.807) is 6.92 Å². The molecule has 0 aliphatic carbocycles. The van der Waals surface area contributed by atoms with Crippen molar-refractivity contribution >= 4 is 15.9 Å². The molecular weight excluding hydrogens is 376 g/mol. The van der Waals surface area contributed by atoms with E-state index in [0.29, 0.717) is 6.54 Å². The van der Waals surface area contributed by atoms with Crippen LogP contribution in [0.5, 0.6) is 0 Å². The van der Waals surface area contributed by atoms with Crippen molar-refractivity contribution in [3.05, 3.63) is 21.0 Å². The number of nitrogens with one attached hydrogen (secondary N) is 1. The summed E-state index contributed by atoms with van der Waals surface area (Å²) in [5, 5.41) is 30.2.